The van der Waals surface area contributed by atoms with Gasteiger partial charge in [-0.1, -0.05) is 36.9 Å². The first-order valence-electron chi connectivity index (χ1n) is 9.63. The second-order valence-electron chi connectivity index (χ2n) is 7.18. The van der Waals surface area contributed by atoms with Crippen LogP contribution in [0.1, 0.15) is 32.1 Å². The number of rotatable bonds is 4. The van der Waals surface area contributed by atoms with Crippen LogP contribution in [0, 0.1) is 0 Å². The summed E-state index contributed by atoms with van der Waals surface area (Å²) in [5.41, 5.74) is 1.19. The average molecular weight is 372 g/mol. The second-order valence-corrected chi connectivity index (χ2v) is 7.61. The molecule has 4 rings (SSSR count). The van der Waals surface area contributed by atoms with Crippen LogP contribution < -0.4 is 15.1 Å². The van der Waals surface area contributed by atoms with Gasteiger partial charge in [-0.3, -0.25) is 0 Å². The fourth-order valence-electron chi connectivity index (χ4n) is 3.87. The summed E-state index contributed by atoms with van der Waals surface area (Å²) in [5.74, 6) is 1.79. The molecule has 0 spiro atoms. The lowest BCUT2D eigenvalue weighted by Crippen LogP contribution is -2.47. The molecule has 0 bridgehead atoms. The molecule has 26 heavy (non-hydrogen) atoms. The van der Waals surface area contributed by atoms with E-state index >= 15 is 0 Å². The van der Waals surface area contributed by atoms with Crippen molar-refractivity contribution in [2.75, 3.05) is 41.3 Å². The van der Waals surface area contributed by atoms with Crippen molar-refractivity contribution in [3.05, 3.63) is 41.6 Å². The quantitative estimate of drug-likeness (QED) is 0.872. The highest BCUT2D eigenvalue weighted by Gasteiger charge is 2.20. The Morgan fingerprint density at radius 3 is 2.50 bits per heavy atom. The lowest BCUT2D eigenvalue weighted by Gasteiger charge is -2.36. The predicted octanol–water partition coefficient (Wildman–Crippen LogP) is 4.20. The summed E-state index contributed by atoms with van der Waals surface area (Å²) in [6, 6.07) is 10.6. The molecule has 2 heterocycles. The zero-order chi connectivity index (χ0) is 17.8. The standard InChI is InChI=1S/C20H26ClN5/c21-16-5-4-8-18(15-16)25-11-13-26(14-12-25)20-22-10-9-19(24-20)23-17-6-2-1-3-7-17/h4-5,8-10,15,17H,1-3,6-7,11-14H2,(H,22,23,24). The first-order chi connectivity index (χ1) is 12.8. The highest BCUT2D eigenvalue weighted by atomic mass is 35.5. The third-order valence-electron chi connectivity index (χ3n) is 5.34. The van der Waals surface area contributed by atoms with Crippen LogP contribution in [0.25, 0.3) is 0 Å². The Bertz CT molecular complexity index is 724. The van der Waals surface area contributed by atoms with Gasteiger partial charge in [-0.2, -0.15) is 4.98 Å². The number of halogens is 1. The normalized spacial score (nSPS) is 18.8. The molecule has 138 valence electrons. The molecule has 1 saturated heterocycles. The van der Waals surface area contributed by atoms with Crippen LogP contribution in [0.3, 0.4) is 0 Å². The Hall–Kier alpha value is -2.01. The van der Waals surface area contributed by atoms with E-state index in [4.69, 9.17) is 16.6 Å². The van der Waals surface area contributed by atoms with Gasteiger partial charge in [-0.15, -0.1) is 0 Å². The molecule has 1 aromatic carbocycles. The van der Waals surface area contributed by atoms with E-state index in [0.717, 1.165) is 43.0 Å². The van der Waals surface area contributed by atoms with Crippen LogP contribution in [0.2, 0.25) is 5.02 Å². The minimum absolute atomic E-state index is 0.561. The molecule has 1 aliphatic heterocycles. The summed E-state index contributed by atoms with van der Waals surface area (Å²) in [6.45, 7) is 3.73. The summed E-state index contributed by atoms with van der Waals surface area (Å²) in [5, 5.41) is 4.39. The average Bonchev–Trinajstić information content (AvgIpc) is 2.69. The van der Waals surface area contributed by atoms with E-state index < -0.39 is 0 Å². The third kappa shape index (κ3) is 4.21. The molecule has 0 amide bonds. The molecule has 0 unspecified atom stereocenters. The first-order valence-corrected chi connectivity index (χ1v) is 10.0. The summed E-state index contributed by atoms with van der Waals surface area (Å²) < 4.78 is 0. The minimum atomic E-state index is 0.561. The molecule has 2 aliphatic rings. The largest absolute Gasteiger partial charge is 0.368 e. The van der Waals surface area contributed by atoms with Crippen molar-refractivity contribution in [3.63, 3.8) is 0 Å². The van der Waals surface area contributed by atoms with E-state index in [0.29, 0.717) is 6.04 Å². The van der Waals surface area contributed by atoms with Gasteiger partial charge in [-0.05, 0) is 37.1 Å². The van der Waals surface area contributed by atoms with Gasteiger partial charge >= 0.3 is 0 Å². The molecular formula is C20H26ClN5. The summed E-state index contributed by atoms with van der Waals surface area (Å²) >= 11 is 6.12. The predicted molar refractivity (Wildman–Crippen MR) is 108 cm³/mol. The Labute approximate surface area is 160 Å². The molecular weight excluding hydrogens is 346 g/mol. The summed E-state index contributed by atoms with van der Waals surface area (Å²) in [7, 11) is 0. The molecule has 1 aliphatic carbocycles. The van der Waals surface area contributed by atoms with Crippen molar-refractivity contribution >= 4 is 29.1 Å². The van der Waals surface area contributed by atoms with Crippen molar-refractivity contribution in [1.29, 1.82) is 0 Å². The third-order valence-corrected chi connectivity index (χ3v) is 5.57. The lowest BCUT2D eigenvalue weighted by atomic mass is 9.95. The zero-order valence-corrected chi connectivity index (χ0v) is 15.8. The molecule has 1 aromatic heterocycles. The van der Waals surface area contributed by atoms with Crippen molar-refractivity contribution in [1.82, 2.24) is 9.97 Å². The van der Waals surface area contributed by atoms with E-state index in [-0.39, 0.29) is 0 Å². The topological polar surface area (TPSA) is 44.3 Å². The van der Waals surface area contributed by atoms with Gasteiger partial charge in [0.15, 0.2) is 0 Å². The van der Waals surface area contributed by atoms with E-state index in [1.165, 1.54) is 37.8 Å². The number of anilines is 3. The number of hydrogen-bond donors (Lipinski definition) is 1. The van der Waals surface area contributed by atoms with Crippen LogP contribution in [-0.4, -0.2) is 42.2 Å². The van der Waals surface area contributed by atoms with Gasteiger partial charge in [0.25, 0.3) is 0 Å². The van der Waals surface area contributed by atoms with E-state index in [1.54, 1.807) is 0 Å². The number of nitrogens with zero attached hydrogens (tertiary/aromatic N) is 4. The first kappa shape index (κ1) is 17.4. The summed E-state index contributed by atoms with van der Waals surface area (Å²) in [4.78, 5) is 13.9. The van der Waals surface area contributed by atoms with Crippen molar-refractivity contribution in [2.24, 2.45) is 0 Å². The fraction of sp³-hybridized carbons (Fsp3) is 0.500. The minimum Gasteiger partial charge on any atom is -0.368 e. The lowest BCUT2D eigenvalue weighted by molar-refractivity contribution is 0.462. The van der Waals surface area contributed by atoms with E-state index in [9.17, 15) is 0 Å². The summed E-state index contributed by atoms with van der Waals surface area (Å²) in [6.07, 6.45) is 8.37. The number of nitrogens with one attached hydrogen (secondary N) is 1. The zero-order valence-electron chi connectivity index (χ0n) is 15.1. The molecule has 2 fully saturated rings. The highest BCUT2D eigenvalue weighted by Crippen LogP contribution is 2.23. The molecule has 5 nitrogen and oxygen atoms in total. The van der Waals surface area contributed by atoms with Crippen molar-refractivity contribution in [3.8, 4) is 0 Å². The number of benzene rings is 1. The molecule has 0 radical (unpaired) electrons. The van der Waals surface area contributed by atoms with Crippen molar-refractivity contribution < 1.29 is 0 Å². The highest BCUT2D eigenvalue weighted by molar-refractivity contribution is 6.30. The Kier molecular flexibility index (Phi) is 5.44. The number of hydrogen-bond acceptors (Lipinski definition) is 5. The smallest absolute Gasteiger partial charge is 0.227 e. The maximum absolute atomic E-state index is 6.12. The van der Waals surface area contributed by atoms with Gasteiger partial charge in [0, 0.05) is 49.1 Å². The number of aromatic nitrogens is 2. The van der Waals surface area contributed by atoms with Crippen LogP contribution in [-0.2, 0) is 0 Å². The van der Waals surface area contributed by atoms with Gasteiger partial charge < -0.3 is 15.1 Å². The SMILES string of the molecule is Clc1cccc(N2CCN(c3nccc(NC4CCCCC4)n3)CC2)c1. The van der Waals surface area contributed by atoms with Gasteiger partial charge in [0.05, 0.1) is 0 Å². The van der Waals surface area contributed by atoms with Crippen LogP contribution in [0.4, 0.5) is 17.5 Å². The Morgan fingerprint density at radius 1 is 0.962 bits per heavy atom. The number of piperazine rings is 1. The van der Waals surface area contributed by atoms with E-state index in [1.807, 2.05) is 30.5 Å². The molecule has 2 aromatic rings. The Balaban J connectivity index is 1.37. The monoisotopic (exact) mass is 371 g/mol. The van der Waals surface area contributed by atoms with Gasteiger partial charge in [-0.25, -0.2) is 4.98 Å². The molecule has 0 atom stereocenters. The maximum Gasteiger partial charge on any atom is 0.227 e. The van der Waals surface area contributed by atoms with Crippen LogP contribution >= 0.6 is 11.6 Å². The fourth-order valence-corrected chi connectivity index (χ4v) is 4.06. The Morgan fingerprint density at radius 2 is 1.73 bits per heavy atom. The van der Waals surface area contributed by atoms with Gasteiger partial charge in [0.2, 0.25) is 5.95 Å². The van der Waals surface area contributed by atoms with Crippen LogP contribution in [0.15, 0.2) is 36.5 Å². The van der Waals surface area contributed by atoms with Gasteiger partial charge in [0.1, 0.15) is 5.82 Å². The van der Waals surface area contributed by atoms with Crippen molar-refractivity contribution in [2.45, 2.75) is 38.1 Å². The second kappa shape index (κ2) is 8.12. The van der Waals surface area contributed by atoms with Crippen LogP contribution in [0.5, 0.6) is 0 Å². The van der Waals surface area contributed by atoms with E-state index in [2.05, 4.69) is 26.2 Å². The maximum atomic E-state index is 6.12. The molecule has 6 heteroatoms. The molecule has 1 N–H and O–H groups in total. The molecule has 1 saturated carbocycles.